The van der Waals surface area contributed by atoms with Gasteiger partial charge in [-0.1, -0.05) is 0 Å². The fourth-order valence-corrected chi connectivity index (χ4v) is 3.17. The molecule has 0 bridgehead atoms. The number of hydrogen-bond acceptors (Lipinski definition) is 6. The number of benzene rings is 1. The minimum atomic E-state index is -3.67. The average Bonchev–Trinajstić information content (AvgIpc) is 2.82. The molecule has 1 aromatic heterocycles. The number of oxazole rings is 1. The molecule has 3 rings (SSSR count). The third-order valence-electron chi connectivity index (χ3n) is 3.25. The highest BCUT2D eigenvalue weighted by Crippen LogP contribution is 2.32. The summed E-state index contributed by atoms with van der Waals surface area (Å²) in [5.41, 5.74) is 0.669. The van der Waals surface area contributed by atoms with Gasteiger partial charge in [-0.2, -0.15) is 0 Å². The van der Waals surface area contributed by atoms with Gasteiger partial charge in [0.05, 0.1) is 17.1 Å². The number of hydrogen-bond donors (Lipinski definition) is 1. The van der Waals surface area contributed by atoms with Crippen LogP contribution in [0.3, 0.4) is 0 Å². The van der Waals surface area contributed by atoms with E-state index in [1.807, 2.05) is 0 Å². The Balaban J connectivity index is 1.79. The molecular weight excluding hydrogens is 308 g/mol. The van der Waals surface area contributed by atoms with Gasteiger partial charge in [0.15, 0.2) is 17.4 Å². The van der Waals surface area contributed by atoms with E-state index >= 15 is 0 Å². The number of nitrogens with zero attached hydrogens (tertiary/aromatic N) is 1. The second kappa shape index (κ2) is 5.62. The van der Waals surface area contributed by atoms with Crippen molar-refractivity contribution in [2.24, 2.45) is 0 Å². The van der Waals surface area contributed by atoms with E-state index in [-0.39, 0.29) is 11.4 Å². The molecule has 0 amide bonds. The van der Waals surface area contributed by atoms with Gasteiger partial charge in [0.25, 0.3) is 0 Å². The Morgan fingerprint density at radius 3 is 2.59 bits per heavy atom. The summed E-state index contributed by atoms with van der Waals surface area (Å²) >= 11 is 0. The molecule has 7 nitrogen and oxygen atoms in total. The number of fused-ring (bicyclic) bond motifs is 1. The van der Waals surface area contributed by atoms with E-state index in [4.69, 9.17) is 13.9 Å². The molecule has 2 aromatic rings. The first kappa shape index (κ1) is 14.9. The van der Waals surface area contributed by atoms with E-state index in [1.165, 1.54) is 12.1 Å². The summed E-state index contributed by atoms with van der Waals surface area (Å²) in [7, 11) is -3.67. The maximum absolute atomic E-state index is 12.3. The van der Waals surface area contributed by atoms with Crippen molar-refractivity contribution in [2.45, 2.75) is 25.3 Å². The van der Waals surface area contributed by atoms with Crippen LogP contribution in [0, 0.1) is 13.8 Å². The third kappa shape index (κ3) is 2.93. The molecular formula is C14H16N2O5S. The highest BCUT2D eigenvalue weighted by Gasteiger charge is 2.20. The molecule has 2 heterocycles. The van der Waals surface area contributed by atoms with Gasteiger partial charge >= 0.3 is 0 Å². The standard InChI is InChI=1S/C14H16N2O5S/c1-9-14(21-10(2)16-9)8-15-22(17,18)11-3-4-12-13(7-11)20-6-5-19-12/h3-4,7,15H,5-6,8H2,1-2H3. The minimum Gasteiger partial charge on any atom is -0.486 e. The van der Waals surface area contributed by atoms with Gasteiger partial charge in [0.1, 0.15) is 19.0 Å². The predicted octanol–water partition coefficient (Wildman–Crippen LogP) is 1.54. The van der Waals surface area contributed by atoms with E-state index in [0.29, 0.717) is 42.1 Å². The van der Waals surface area contributed by atoms with Crippen molar-refractivity contribution in [1.82, 2.24) is 9.71 Å². The lowest BCUT2D eigenvalue weighted by Crippen LogP contribution is -2.24. The van der Waals surface area contributed by atoms with Gasteiger partial charge < -0.3 is 13.9 Å². The lowest BCUT2D eigenvalue weighted by atomic mass is 10.3. The van der Waals surface area contributed by atoms with Crippen molar-refractivity contribution in [3.05, 3.63) is 35.5 Å². The first-order valence-corrected chi connectivity index (χ1v) is 8.26. The molecule has 0 radical (unpaired) electrons. The van der Waals surface area contributed by atoms with Crippen LogP contribution in [-0.4, -0.2) is 26.6 Å². The molecule has 22 heavy (non-hydrogen) atoms. The topological polar surface area (TPSA) is 90.7 Å². The molecule has 0 unspecified atom stereocenters. The number of sulfonamides is 1. The van der Waals surface area contributed by atoms with Crippen LogP contribution < -0.4 is 14.2 Å². The number of nitrogens with one attached hydrogen (secondary N) is 1. The van der Waals surface area contributed by atoms with Crippen LogP contribution in [0.5, 0.6) is 11.5 Å². The molecule has 0 saturated heterocycles. The minimum absolute atomic E-state index is 0.0451. The van der Waals surface area contributed by atoms with E-state index in [2.05, 4.69) is 9.71 Å². The molecule has 1 aliphatic rings. The van der Waals surface area contributed by atoms with Crippen LogP contribution in [0.2, 0.25) is 0 Å². The van der Waals surface area contributed by atoms with Crippen molar-refractivity contribution in [3.63, 3.8) is 0 Å². The monoisotopic (exact) mass is 324 g/mol. The van der Waals surface area contributed by atoms with Crippen molar-refractivity contribution >= 4 is 10.0 Å². The molecule has 0 spiro atoms. The lowest BCUT2D eigenvalue weighted by molar-refractivity contribution is 0.171. The zero-order valence-corrected chi connectivity index (χ0v) is 13.1. The van der Waals surface area contributed by atoms with Crippen molar-refractivity contribution in [3.8, 4) is 11.5 Å². The Labute approximate surface area is 128 Å². The Kier molecular flexibility index (Phi) is 3.79. The first-order chi connectivity index (χ1) is 10.5. The molecule has 0 atom stereocenters. The molecule has 118 valence electrons. The van der Waals surface area contributed by atoms with E-state index < -0.39 is 10.0 Å². The smallest absolute Gasteiger partial charge is 0.241 e. The number of aromatic nitrogens is 1. The molecule has 0 saturated carbocycles. The SMILES string of the molecule is Cc1nc(C)c(CNS(=O)(=O)c2ccc3c(c2)OCCO3)o1. The summed E-state index contributed by atoms with van der Waals surface area (Å²) in [6.45, 7) is 4.39. The van der Waals surface area contributed by atoms with Crippen molar-refractivity contribution < 1.29 is 22.3 Å². The Morgan fingerprint density at radius 1 is 1.18 bits per heavy atom. The highest BCUT2D eigenvalue weighted by atomic mass is 32.2. The second-order valence-corrected chi connectivity index (χ2v) is 6.64. The Bertz CT molecular complexity index is 798. The van der Waals surface area contributed by atoms with Gasteiger partial charge in [-0.05, 0) is 19.1 Å². The zero-order chi connectivity index (χ0) is 15.7. The third-order valence-corrected chi connectivity index (χ3v) is 4.65. The fraction of sp³-hybridized carbons (Fsp3) is 0.357. The maximum Gasteiger partial charge on any atom is 0.241 e. The molecule has 0 aliphatic carbocycles. The van der Waals surface area contributed by atoms with Crippen LogP contribution in [0.1, 0.15) is 17.3 Å². The Hall–Kier alpha value is -2.06. The lowest BCUT2D eigenvalue weighted by Gasteiger charge is -2.18. The summed E-state index contributed by atoms with van der Waals surface area (Å²) in [5.74, 6) is 1.98. The van der Waals surface area contributed by atoms with Gasteiger partial charge in [0.2, 0.25) is 10.0 Å². The normalized spacial score (nSPS) is 14.1. The highest BCUT2D eigenvalue weighted by molar-refractivity contribution is 7.89. The van der Waals surface area contributed by atoms with E-state index in [9.17, 15) is 8.42 Å². The van der Waals surface area contributed by atoms with Crippen LogP contribution in [0.25, 0.3) is 0 Å². The van der Waals surface area contributed by atoms with Gasteiger partial charge in [-0.15, -0.1) is 0 Å². The molecule has 1 aliphatic heterocycles. The van der Waals surface area contributed by atoms with Gasteiger partial charge in [0, 0.05) is 13.0 Å². The van der Waals surface area contributed by atoms with Crippen molar-refractivity contribution in [1.29, 1.82) is 0 Å². The summed E-state index contributed by atoms with van der Waals surface area (Å²) < 4.78 is 43.3. The number of ether oxygens (including phenoxy) is 2. The predicted molar refractivity (Wildman–Crippen MR) is 77.4 cm³/mol. The summed E-state index contributed by atoms with van der Waals surface area (Å²) in [6, 6.07) is 4.52. The van der Waals surface area contributed by atoms with Crippen LogP contribution in [0.4, 0.5) is 0 Å². The number of rotatable bonds is 4. The number of aryl methyl sites for hydroxylation is 2. The molecule has 0 fully saturated rings. The molecule has 1 aromatic carbocycles. The van der Waals surface area contributed by atoms with Gasteiger partial charge in [-0.3, -0.25) is 0 Å². The van der Waals surface area contributed by atoms with E-state index in [1.54, 1.807) is 19.9 Å². The second-order valence-electron chi connectivity index (χ2n) is 4.87. The fourth-order valence-electron chi connectivity index (χ4n) is 2.17. The zero-order valence-electron chi connectivity index (χ0n) is 12.3. The van der Waals surface area contributed by atoms with Crippen LogP contribution in [-0.2, 0) is 16.6 Å². The van der Waals surface area contributed by atoms with Gasteiger partial charge in [-0.25, -0.2) is 18.1 Å². The molecule has 1 N–H and O–H groups in total. The largest absolute Gasteiger partial charge is 0.486 e. The first-order valence-electron chi connectivity index (χ1n) is 6.78. The van der Waals surface area contributed by atoms with Crippen LogP contribution >= 0.6 is 0 Å². The van der Waals surface area contributed by atoms with Crippen LogP contribution in [0.15, 0.2) is 27.5 Å². The molecule has 8 heteroatoms. The quantitative estimate of drug-likeness (QED) is 0.917. The summed E-state index contributed by atoms with van der Waals surface area (Å²) in [4.78, 5) is 4.22. The summed E-state index contributed by atoms with van der Waals surface area (Å²) in [6.07, 6.45) is 0. The maximum atomic E-state index is 12.3. The average molecular weight is 324 g/mol. The van der Waals surface area contributed by atoms with Crippen molar-refractivity contribution in [2.75, 3.05) is 13.2 Å². The van der Waals surface area contributed by atoms with E-state index in [0.717, 1.165) is 0 Å². The summed E-state index contributed by atoms with van der Waals surface area (Å²) in [5, 5.41) is 0. The Morgan fingerprint density at radius 2 is 1.91 bits per heavy atom.